The maximum absolute atomic E-state index is 10.4. The Morgan fingerprint density at radius 3 is 2.82 bits per heavy atom. The second kappa shape index (κ2) is 4.30. The number of aryl methyl sites for hydroxylation is 1. The average Bonchev–Trinajstić information content (AvgIpc) is 2.40. The molecule has 2 unspecified atom stereocenters. The Morgan fingerprint density at radius 1 is 1.12 bits per heavy atom. The van der Waals surface area contributed by atoms with Crippen molar-refractivity contribution in [3.05, 3.63) is 65.5 Å². The molecule has 2 nitrogen and oxygen atoms in total. The molecule has 86 valence electrons. The van der Waals surface area contributed by atoms with Gasteiger partial charge >= 0.3 is 0 Å². The van der Waals surface area contributed by atoms with E-state index in [-0.39, 0.29) is 5.92 Å². The Kier molecular flexibility index (Phi) is 2.65. The quantitative estimate of drug-likeness (QED) is 0.809. The van der Waals surface area contributed by atoms with E-state index in [1.54, 1.807) is 6.20 Å². The Balaban J connectivity index is 1.97. The summed E-state index contributed by atoms with van der Waals surface area (Å²) in [5, 5.41) is 10.4. The van der Waals surface area contributed by atoms with Crippen molar-refractivity contribution in [1.29, 1.82) is 0 Å². The molecule has 0 radical (unpaired) electrons. The number of aliphatic hydroxyl groups excluding tert-OH is 1. The van der Waals surface area contributed by atoms with Crippen LogP contribution in [-0.4, -0.2) is 10.1 Å². The van der Waals surface area contributed by atoms with Gasteiger partial charge < -0.3 is 5.11 Å². The number of pyridine rings is 1. The predicted molar refractivity (Wildman–Crippen MR) is 66.7 cm³/mol. The summed E-state index contributed by atoms with van der Waals surface area (Å²) in [6, 6.07) is 12.2. The van der Waals surface area contributed by atoms with Gasteiger partial charge in [0.05, 0.1) is 6.10 Å². The van der Waals surface area contributed by atoms with Crippen molar-refractivity contribution in [1.82, 2.24) is 4.98 Å². The lowest BCUT2D eigenvalue weighted by Gasteiger charge is -2.30. The third kappa shape index (κ3) is 1.85. The van der Waals surface area contributed by atoms with E-state index in [9.17, 15) is 5.11 Å². The van der Waals surface area contributed by atoms with E-state index in [0.29, 0.717) is 0 Å². The lowest BCUT2D eigenvalue weighted by atomic mass is 9.78. The third-order valence-electron chi connectivity index (χ3n) is 3.59. The first-order valence-electron chi connectivity index (χ1n) is 6.02. The normalized spacial score (nSPS) is 23.1. The van der Waals surface area contributed by atoms with Gasteiger partial charge in [-0.05, 0) is 35.6 Å². The fourth-order valence-corrected chi connectivity index (χ4v) is 2.68. The zero-order valence-electron chi connectivity index (χ0n) is 9.58. The molecule has 3 rings (SSSR count). The highest BCUT2D eigenvalue weighted by atomic mass is 16.3. The minimum Gasteiger partial charge on any atom is -0.388 e. The van der Waals surface area contributed by atoms with Crippen LogP contribution in [0.2, 0.25) is 0 Å². The van der Waals surface area contributed by atoms with E-state index in [1.165, 1.54) is 5.56 Å². The second-order valence-electron chi connectivity index (χ2n) is 4.58. The molecular weight excluding hydrogens is 210 g/mol. The molecule has 0 bridgehead atoms. The first kappa shape index (κ1) is 10.5. The van der Waals surface area contributed by atoms with Crippen molar-refractivity contribution >= 4 is 0 Å². The molecule has 2 atom stereocenters. The lowest BCUT2D eigenvalue weighted by Crippen LogP contribution is -2.18. The molecule has 1 N–H and O–H groups in total. The van der Waals surface area contributed by atoms with Crippen LogP contribution in [0.15, 0.2) is 48.8 Å². The van der Waals surface area contributed by atoms with Gasteiger partial charge in [0, 0.05) is 18.3 Å². The zero-order chi connectivity index (χ0) is 11.7. The Hall–Kier alpha value is -1.67. The molecule has 1 heterocycles. The van der Waals surface area contributed by atoms with Crippen molar-refractivity contribution in [2.45, 2.75) is 24.9 Å². The van der Waals surface area contributed by atoms with Gasteiger partial charge in [0.25, 0.3) is 0 Å². The van der Waals surface area contributed by atoms with Crippen LogP contribution in [0.4, 0.5) is 0 Å². The molecule has 1 aliphatic carbocycles. The molecular formula is C15H15NO. The summed E-state index contributed by atoms with van der Waals surface area (Å²) in [5.41, 5.74) is 3.49. The average molecular weight is 225 g/mol. The van der Waals surface area contributed by atoms with Gasteiger partial charge in [0.15, 0.2) is 0 Å². The topological polar surface area (TPSA) is 33.1 Å². The molecule has 17 heavy (non-hydrogen) atoms. The molecule has 1 aromatic heterocycles. The van der Waals surface area contributed by atoms with Crippen LogP contribution in [0.25, 0.3) is 0 Å². The minimum absolute atomic E-state index is 0.179. The number of aliphatic hydroxyl groups is 1. The molecule has 0 aliphatic heterocycles. The number of hydrogen-bond acceptors (Lipinski definition) is 2. The highest BCUT2D eigenvalue weighted by molar-refractivity contribution is 5.35. The second-order valence-corrected chi connectivity index (χ2v) is 4.58. The monoisotopic (exact) mass is 225 g/mol. The Labute approximate surface area is 101 Å². The number of benzene rings is 1. The number of fused-ring (bicyclic) bond motifs is 1. The minimum atomic E-state index is -0.399. The van der Waals surface area contributed by atoms with Crippen LogP contribution in [-0.2, 0) is 6.42 Å². The van der Waals surface area contributed by atoms with E-state index < -0.39 is 6.10 Å². The van der Waals surface area contributed by atoms with Crippen molar-refractivity contribution in [3.63, 3.8) is 0 Å². The van der Waals surface area contributed by atoms with Gasteiger partial charge in [0.1, 0.15) is 0 Å². The fourth-order valence-electron chi connectivity index (χ4n) is 2.68. The standard InChI is InChI=1S/C15H15NO/c17-15-13-6-2-1-4-11(13)7-8-14(15)12-5-3-9-16-10-12/h1-6,9-10,14-15,17H,7-8H2. The summed E-state index contributed by atoms with van der Waals surface area (Å²) in [4.78, 5) is 4.14. The summed E-state index contributed by atoms with van der Waals surface area (Å²) in [6.07, 6.45) is 5.26. The van der Waals surface area contributed by atoms with E-state index in [2.05, 4.69) is 17.1 Å². The smallest absolute Gasteiger partial charge is 0.0861 e. The van der Waals surface area contributed by atoms with Crippen LogP contribution in [0.3, 0.4) is 0 Å². The summed E-state index contributed by atoms with van der Waals surface area (Å²) < 4.78 is 0. The summed E-state index contributed by atoms with van der Waals surface area (Å²) in [6.45, 7) is 0. The van der Waals surface area contributed by atoms with Crippen molar-refractivity contribution in [2.24, 2.45) is 0 Å². The molecule has 0 fully saturated rings. The van der Waals surface area contributed by atoms with Crippen LogP contribution >= 0.6 is 0 Å². The van der Waals surface area contributed by atoms with E-state index in [4.69, 9.17) is 0 Å². The van der Waals surface area contributed by atoms with Gasteiger partial charge in [-0.15, -0.1) is 0 Å². The maximum Gasteiger partial charge on any atom is 0.0861 e. The van der Waals surface area contributed by atoms with Crippen molar-refractivity contribution in [3.8, 4) is 0 Å². The van der Waals surface area contributed by atoms with Gasteiger partial charge in [-0.25, -0.2) is 0 Å². The van der Waals surface area contributed by atoms with Crippen LogP contribution in [0, 0.1) is 0 Å². The van der Waals surface area contributed by atoms with Gasteiger partial charge in [-0.3, -0.25) is 4.98 Å². The third-order valence-corrected chi connectivity index (χ3v) is 3.59. The van der Waals surface area contributed by atoms with Crippen molar-refractivity contribution in [2.75, 3.05) is 0 Å². The molecule has 2 aromatic rings. The number of nitrogens with zero attached hydrogens (tertiary/aromatic N) is 1. The number of aromatic nitrogens is 1. The first-order valence-corrected chi connectivity index (χ1v) is 6.02. The lowest BCUT2D eigenvalue weighted by molar-refractivity contribution is 0.131. The van der Waals surface area contributed by atoms with Crippen molar-refractivity contribution < 1.29 is 5.11 Å². The summed E-state index contributed by atoms with van der Waals surface area (Å²) in [5.74, 6) is 0.179. The largest absolute Gasteiger partial charge is 0.388 e. The fraction of sp³-hybridized carbons (Fsp3) is 0.267. The first-order chi connectivity index (χ1) is 8.36. The highest BCUT2D eigenvalue weighted by Gasteiger charge is 2.28. The zero-order valence-corrected chi connectivity index (χ0v) is 9.58. The molecule has 1 aromatic carbocycles. The highest BCUT2D eigenvalue weighted by Crippen LogP contribution is 2.40. The number of hydrogen-bond donors (Lipinski definition) is 1. The maximum atomic E-state index is 10.4. The van der Waals surface area contributed by atoms with E-state index in [0.717, 1.165) is 24.0 Å². The van der Waals surface area contributed by atoms with Gasteiger partial charge in [-0.2, -0.15) is 0 Å². The Morgan fingerprint density at radius 2 is 2.00 bits per heavy atom. The predicted octanol–water partition coefficient (Wildman–Crippen LogP) is 2.85. The van der Waals surface area contributed by atoms with Crippen LogP contribution in [0.1, 0.15) is 35.1 Å². The summed E-state index contributed by atoms with van der Waals surface area (Å²) in [7, 11) is 0. The molecule has 0 amide bonds. The molecule has 0 saturated carbocycles. The van der Waals surface area contributed by atoms with Crippen LogP contribution in [0.5, 0.6) is 0 Å². The molecule has 1 aliphatic rings. The number of rotatable bonds is 1. The van der Waals surface area contributed by atoms with E-state index >= 15 is 0 Å². The summed E-state index contributed by atoms with van der Waals surface area (Å²) >= 11 is 0. The molecule has 0 saturated heterocycles. The Bertz CT molecular complexity index is 509. The molecule has 2 heteroatoms. The molecule has 0 spiro atoms. The van der Waals surface area contributed by atoms with E-state index in [1.807, 2.05) is 30.5 Å². The van der Waals surface area contributed by atoms with Crippen LogP contribution < -0.4 is 0 Å². The van der Waals surface area contributed by atoms with Gasteiger partial charge in [-0.1, -0.05) is 30.3 Å². The SMILES string of the molecule is OC1c2ccccc2CCC1c1cccnc1. The van der Waals surface area contributed by atoms with Gasteiger partial charge in [0.2, 0.25) is 0 Å².